The highest BCUT2D eigenvalue weighted by atomic mass is 32.2. The lowest BCUT2D eigenvalue weighted by Crippen LogP contribution is -2.34. The third kappa shape index (κ3) is 5.21. The van der Waals surface area contributed by atoms with Crippen LogP contribution in [0.3, 0.4) is 0 Å². The minimum Gasteiger partial charge on any atom is -0.344 e. The zero-order valence-corrected chi connectivity index (χ0v) is 17.2. The Hall–Kier alpha value is -3.18. The lowest BCUT2D eigenvalue weighted by atomic mass is 10.2. The molecule has 1 atom stereocenters. The molecule has 0 saturated carbocycles. The van der Waals surface area contributed by atoms with E-state index in [-0.39, 0.29) is 11.2 Å². The fourth-order valence-electron chi connectivity index (χ4n) is 2.85. The van der Waals surface area contributed by atoms with Crippen molar-refractivity contribution in [3.8, 4) is 17.5 Å². The Bertz CT molecular complexity index is 983. The molecule has 148 valence electrons. The summed E-state index contributed by atoms with van der Waals surface area (Å²) in [5.41, 5.74) is 2.04. The van der Waals surface area contributed by atoms with E-state index >= 15 is 0 Å². The van der Waals surface area contributed by atoms with Gasteiger partial charge in [-0.1, -0.05) is 42.1 Å². The fourth-order valence-corrected chi connectivity index (χ4v) is 3.81. The molecule has 0 aliphatic carbocycles. The second-order valence-corrected chi connectivity index (χ2v) is 7.85. The van der Waals surface area contributed by atoms with E-state index in [2.05, 4.69) is 33.4 Å². The molecule has 0 fully saturated rings. The molecule has 3 aromatic rings. The van der Waals surface area contributed by atoms with Crippen LogP contribution in [0, 0.1) is 11.3 Å². The molecule has 2 heterocycles. The summed E-state index contributed by atoms with van der Waals surface area (Å²) in [6.45, 7) is 2.86. The number of benzene rings is 1. The van der Waals surface area contributed by atoms with Crippen LogP contribution in [-0.2, 0) is 11.3 Å². The average molecular weight is 407 g/mol. The van der Waals surface area contributed by atoms with Crippen molar-refractivity contribution >= 4 is 17.7 Å². The number of nitriles is 1. The molecular weight excluding hydrogens is 384 g/mol. The van der Waals surface area contributed by atoms with Crippen LogP contribution in [0.25, 0.3) is 11.4 Å². The lowest BCUT2D eigenvalue weighted by molar-refractivity contribution is -0.128. The van der Waals surface area contributed by atoms with Gasteiger partial charge in [-0.25, -0.2) is 0 Å². The van der Waals surface area contributed by atoms with E-state index in [1.54, 1.807) is 24.3 Å². The molecule has 1 amide bonds. The van der Waals surface area contributed by atoms with Crippen molar-refractivity contribution in [2.45, 2.75) is 30.3 Å². The molecular formula is C21H22N6OS. The predicted octanol–water partition coefficient (Wildman–Crippen LogP) is 3.24. The normalized spacial score (nSPS) is 11.6. The van der Waals surface area contributed by atoms with Gasteiger partial charge in [-0.2, -0.15) is 5.26 Å². The van der Waals surface area contributed by atoms with Crippen LogP contribution in [0.5, 0.6) is 0 Å². The smallest absolute Gasteiger partial charge is 0.235 e. The van der Waals surface area contributed by atoms with Gasteiger partial charge in [0.25, 0.3) is 0 Å². The molecule has 29 heavy (non-hydrogen) atoms. The van der Waals surface area contributed by atoms with E-state index in [4.69, 9.17) is 5.26 Å². The van der Waals surface area contributed by atoms with Gasteiger partial charge in [-0.3, -0.25) is 14.3 Å². The number of pyridine rings is 1. The first kappa shape index (κ1) is 20.6. The summed E-state index contributed by atoms with van der Waals surface area (Å²) in [5.74, 6) is 0.696. The van der Waals surface area contributed by atoms with Gasteiger partial charge >= 0.3 is 0 Å². The van der Waals surface area contributed by atoms with E-state index in [0.717, 1.165) is 17.0 Å². The monoisotopic (exact) mass is 406 g/mol. The van der Waals surface area contributed by atoms with E-state index in [0.29, 0.717) is 24.7 Å². The number of hydrogen-bond acceptors (Lipinski definition) is 6. The molecule has 0 N–H and O–H groups in total. The highest BCUT2D eigenvalue weighted by molar-refractivity contribution is 8.00. The molecule has 0 unspecified atom stereocenters. The lowest BCUT2D eigenvalue weighted by Gasteiger charge is -2.20. The molecule has 0 aliphatic heterocycles. The van der Waals surface area contributed by atoms with Crippen molar-refractivity contribution < 1.29 is 4.79 Å². The molecule has 0 radical (unpaired) electrons. The number of carbonyl (C=O) groups is 1. The van der Waals surface area contributed by atoms with Crippen molar-refractivity contribution in [2.75, 3.05) is 13.6 Å². The van der Waals surface area contributed by atoms with Gasteiger partial charge in [0.1, 0.15) is 0 Å². The second kappa shape index (κ2) is 9.85. The summed E-state index contributed by atoms with van der Waals surface area (Å²) in [6, 6.07) is 15.9. The van der Waals surface area contributed by atoms with Crippen LogP contribution in [0.1, 0.15) is 18.9 Å². The summed E-state index contributed by atoms with van der Waals surface area (Å²) in [4.78, 5) is 18.3. The molecule has 3 rings (SSSR count). The first-order valence-corrected chi connectivity index (χ1v) is 10.1. The Morgan fingerprint density at radius 3 is 2.62 bits per heavy atom. The van der Waals surface area contributed by atoms with E-state index < -0.39 is 0 Å². The number of nitrogens with zero attached hydrogens (tertiary/aromatic N) is 6. The van der Waals surface area contributed by atoms with Gasteiger partial charge in [0.15, 0.2) is 11.0 Å². The second-order valence-electron chi connectivity index (χ2n) is 6.54. The predicted molar refractivity (Wildman–Crippen MR) is 112 cm³/mol. The van der Waals surface area contributed by atoms with Gasteiger partial charge in [-0.15, -0.1) is 10.2 Å². The number of hydrogen-bond donors (Lipinski definition) is 0. The molecule has 0 aliphatic rings. The van der Waals surface area contributed by atoms with Gasteiger partial charge in [0.2, 0.25) is 5.91 Å². The standard InChI is InChI=1S/C21H22N6OS/c1-16(20(28)26(2)14-6-11-22)29-21-25-24-19(18-9-12-23-13-10-18)27(21)15-17-7-4-3-5-8-17/h3-5,7-10,12-13,16H,6,14-15H2,1-2H3/t16-/m0/s1. The van der Waals surface area contributed by atoms with Crippen molar-refractivity contribution in [1.29, 1.82) is 5.26 Å². The molecule has 8 heteroatoms. The van der Waals surface area contributed by atoms with Crippen LogP contribution >= 0.6 is 11.8 Å². The first-order chi connectivity index (χ1) is 14.1. The van der Waals surface area contributed by atoms with Gasteiger partial charge in [0, 0.05) is 31.5 Å². The molecule has 1 aromatic carbocycles. The summed E-state index contributed by atoms with van der Waals surface area (Å²) in [5, 5.41) is 17.8. The maximum Gasteiger partial charge on any atom is 0.235 e. The Kier molecular flexibility index (Phi) is 6.98. The SMILES string of the molecule is C[C@H](Sc1nnc(-c2ccncc2)n1Cc1ccccc1)C(=O)N(C)CCC#N. The van der Waals surface area contributed by atoms with Crippen LogP contribution in [0.15, 0.2) is 60.0 Å². The Balaban J connectivity index is 1.87. The summed E-state index contributed by atoms with van der Waals surface area (Å²) < 4.78 is 2.02. The van der Waals surface area contributed by atoms with E-state index in [1.165, 1.54) is 11.8 Å². The summed E-state index contributed by atoms with van der Waals surface area (Å²) >= 11 is 1.37. The summed E-state index contributed by atoms with van der Waals surface area (Å²) in [6.07, 6.45) is 3.76. The number of aromatic nitrogens is 4. The van der Waals surface area contributed by atoms with Crippen LogP contribution in [0.2, 0.25) is 0 Å². The minimum atomic E-state index is -0.345. The number of thioether (sulfide) groups is 1. The third-order valence-corrected chi connectivity index (χ3v) is 5.47. The van der Waals surface area contributed by atoms with Gasteiger partial charge in [0.05, 0.1) is 24.3 Å². The molecule has 7 nitrogen and oxygen atoms in total. The highest BCUT2D eigenvalue weighted by Crippen LogP contribution is 2.28. The Morgan fingerprint density at radius 1 is 1.21 bits per heavy atom. The third-order valence-electron chi connectivity index (χ3n) is 4.40. The molecule has 0 saturated heterocycles. The largest absolute Gasteiger partial charge is 0.344 e. The van der Waals surface area contributed by atoms with E-state index in [9.17, 15) is 4.79 Å². The number of rotatable bonds is 8. The Morgan fingerprint density at radius 2 is 1.93 bits per heavy atom. The Labute approximate surface area is 174 Å². The zero-order chi connectivity index (χ0) is 20.6. The van der Waals surface area contributed by atoms with Crippen molar-refractivity contribution in [3.63, 3.8) is 0 Å². The minimum absolute atomic E-state index is 0.0371. The van der Waals surface area contributed by atoms with Gasteiger partial charge < -0.3 is 4.90 Å². The van der Waals surface area contributed by atoms with E-state index in [1.807, 2.05) is 41.8 Å². The maximum absolute atomic E-state index is 12.6. The van der Waals surface area contributed by atoms with Crippen LogP contribution in [0.4, 0.5) is 0 Å². The van der Waals surface area contributed by atoms with Crippen LogP contribution < -0.4 is 0 Å². The topological polar surface area (TPSA) is 87.7 Å². The number of amides is 1. The first-order valence-electron chi connectivity index (χ1n) is 9.26. The molecule has 0 spiro atoms. The van der Waals surface area contributed by atoms with Crippen molar-refractivity contribution in [3.05, 3.63) is 60.4 Å². The molecule has 2 aromatic heterocycles. The summed E-state index contributed by atoms with van der Waals surface area (Å²) in [7, 11) is 1.72. The highest BCUT2D eigenvalue weighted by Gasteiger charge is 2.23. The quantitative estimate of drug-likeness (QED) is 0.534. The number of carbonyl (C=O) groups excluding carboxylic acids is 1. The fraction of sp³-hybridized carbons (Fsp3) is 0.286. The van der Waals surface area contributed by atoms with Crippen molar-refractivity contribution in [1.82, 2.24) is 24.6 Å². The van der Waals surface area contributed by atoms with Crippen LogP contribution in [-0.4, -0.2) is 49.4 Å². The van der Waals surface area contributed by atoms with Crippen molar-refractivity contribution in [2.24, 2.45) is 0 Å². The maximum atomic E-state index is 12.6. The molecule has 0 bridgehead atoms. The zero-order valence-electron chi connectivity index (χ0n) is 16.4. The average Bonchev–Trinajstić information content (AvgIpc) is 3.14. The van der Waals surface area contributed by atoms with Gasteiger partial charge in [-0.05, 0) is 24.6 Å².